The van der Waals surface area contributed by atoms with Crippen LogP contribution in [0.4, 0.5) is 0 Å². The van der Waals surface area contributed by atoms with Crippen molar-refractivity contribution in [3.05, 3.63) is 0 Å². The highest BCUT2D eigenvalue weighted by atomic mass is 15.1. The summed E-state index contributed by atoms with van der Waals surface area (Å²) in [7, 11) is 1.87. The van der Waals surface area contributed by atoms with Crippen LogP contribution < -0.4 is 5.73 Å². The van der Waals surface area contributed by atoms with Gasteiger partial charge in [-0.15, -0.1) is 0 Å². The van der Waals surface area contributed by atoms with Crippen molar-refractivity contribution in [3.63, 3.8) is 0 Å². The van der Waals surface area contributed by atoms with Gasteiger partial charge in [0, 0.05) is 19.6 Å². The summed E-state index contributed by atoms with van der Waals surface area (Å²) in [4.78, 5) is 1.78. The van der Waals surface area contributed by atoms with Crippen molar-refractivity contribution < 1.29 is 0 Å². The molecular weight excluding hydrogens is 100 g/mol. The molecule has 0 rings (SSSR count). The van der Waals surface area contributed by atoms with Gasteiger partial charge in [-0.05, 0) is 13.0 Å². The molecule has 0 bridgehead atoms. The lowest BCUT2D eigenvalue weighted by atomic mass is 10.4. The quantitative estimate of drug-likeness (QED) is 0.406. The number of hydrogen-bond donors (Lipinski definition) is 1. The molecule has 0 fully saturated rings. The van der Waals surface area contributed by atoms with Gasteiger partial charge >= 0.3 is 0 Å². The summed E-state index contributed by atoms with van der Waals surface area (Å²) in [5.74, 6) is 0. The molecule has 0 heterocycles. The summed E-state index contributed by atoms with van der Waals surface area (Å²) in [5, 5.41) is 0. The van der Waals surface area contributed by atoms with Crippen molar-refractivity contribution in [2.45, 2.75) is 6.42 Å². The number of terminal acetylenes is 1. The van der Waals surface area contributed by atoms with Crippen LogP contribution in [0.15, 0.2) is 0 Å². The predicted octanol–water partition coefficient (Wildman–Crippen LogP) is -0.142. The van der Waals surface area contributed by atoms with E-state index in [-0.39, 0.29) is 0 Å². The Morgan fingerprint density at radius 3 is 2.75 bits per heavy atom. The molecule has 0 spiro atoms. The largest absolute Gasteiger partial charge is 0.336 e. The maximum Gasteiger partial charge on any atom is 0.0269 e. The summed E-state index contributed by atoms with van der Waals surface area (Å²) in [6, 6.07) is 2.48. The molecule has 0 saturated carbocycles. The molecule has 0 atom stereocenters. The maximum absolute atomic E-state index is 5.24. The molecule has 0 unspecified atom stereocenters. The Morgan fingerprint density at radius 1 is 1.75 bits per heavy atom. The molecule has 0 aliphatic heterocycles. The minimum absolute atomic E-state index is 0.714. The maximum atomic E-state index is 5.24. The van der Waals surface area contributed by atoms with Crippen molar-refractivity contribution in [1.29, 1.82) is 0 Å². The molecule has 0 aromatic heterocycles. The van der Waals surface area contributed by atoms with Gasteiger partial charge in [0.1, 0.15) is 0 Å². The van der Waals surface area contributed by atoms with Gasteiger partial charge in [-0.2, -0.15) is 0 Å². The highest BCUT2D eigenvalue weighted by Crippen LogP contribution is 1.79. The van der Waals surface area contributed by atoms with E-state index in [0.29, 0.717) is 6.54 Å². The van der Waals surface area contributed by atoms with Gasteiger partial charge in [-0.1, -0.05) is 6.42 Å². The summed E-state index contributed by atoms with van der Waals surface area (Å²) >= 11 is 0. The highest BCUT2D eigenvalue weighted by Gasteiger charge is 1.85. The van der Waals surface area contributed by atoms with Crippen LogP contribution >= 0.6 is 0 Å². The highest BCUT2D eigenvalue weighted by molar-refractivity contribution is 4.81. The summed E-state index contributed by atoms with van der Waals surface area (Å²) in [5.41, 5.74) is 5.24. The van der Waals surface area contributed by atoms with Gasteiger partial charge in [-0.3, -0.25) is 0 Å². The molecule has 46 valence electrons. The average molecular weight is 112 g/mol. The fraction of sp³-hybridized carbons (Fsp3) is 0.667. The lowest BCUT2D eigenvalue weighted by Gasteiger charge is -2.07. The molecular formula is C6H12N2. The van der Waals surface area contributed by atoms with Gasteiger partial charge in [-0.25, -0.2) is 0 Å². The molecule has 0 aromatic rings. The minimum Gasteiger partial charge on any atom is -0.336 e. The Balaban J connectivity index is 3.02. The number of hydrogen-bond acceptors (Lipinski definition) is 2. The van der Waals surface area contributed by atoms with Crippen LogP contribution in [0.5, 0.6) is 0 Å². The molecule has 0 saturated heterocycles. The Hall–Kier alpha value is -0.680. The molecule has 0 radical (unpaired) electrons. The van der Waals surface area contributed by atoms with E-state index in [2.05, 4.69) is 6.04 Å². The van der Waals surface area contributed by atoms with Crippen LogP contribution in [0.3, 0.4) is 0 Å². The Kier molecular flexibility index (Phi) is 4.10. The van der Waals surface area contributed by atoms with E-state index in [1.54, 1.807) is 4.90 Å². The monoisotopic (exact) mass is 112 g/mol. The number of nitrogens with zero attached hydrogens (tertiary/aromatic N) is 1. The van der Waals surface area contributed by atoms with Crippen molar-refractivity contribution in [3.8, 4) is 12.5 Å². The lowest BCUT2D eigenvalue weighted by molar-refractivity contribution is 0.472. The Bertz CT molecular complexity index is 83.0. The second kappa shape index (κ2) is 4.48. The molecule has 2 heteroatoms. The zero-order valence-corrected chi connectivity index (χ0v) is 5.22. The van der Waals surface area contributed by atoms with Crippen molar-refractivity contribution in [1.82, 2.24) is 4.90 Å². The molecule has 8 heavy (non-hydrogen) atoms. The normalized spacial score (nSPS) is 8.12. The second-order valence-corrected chi connectivity index (χ2v) is 1.69. The van der Waals surface area contributed by atoms with Gasteiger partial charge in [0.05, 0.1) is 0 Å². The average Bonchev–Trinajstić information content (AvgIpc) is 1.83. The van der Waals surface area contributed by atoms with E-state index in [4.69, 9.17) is 12.2 Å². The smallest absolute Gasteiger partial charge is 0.0269 e. The molecule has 2 nitrogen and oxygen atoms in total. The molecule has 2 N–H and O–H groups in total. The van der Waals surface area contributed by atoms with Crippen molar-refractivity contribution >= 4 is 0 Å². The van der Waals surface area contributed by atoms with E-state index in [1.165, 1.54) is 0 Å². The fourth-order valence-electron chi connectivity index (χ4n) is 0.393. The van der Waals surface area contributed by atoms with E-state index in [9.17, 15) is 0 Å². The van der Waals surface area contributed by atoms with Crippen LogP contribution in [-0.4, -0.2) is 25.0 Å². The van der Waals surface area contributed by atoms with Crippen LogP contribution in [-0.2, 0) is 0 Å². The third-order valence-electron chi connectivity index (χ3n) is 0.918. The SMILES string of the molecule is C#CN(C)CCCN. The first-order chi connectivity index (χ1) is 3.81. The van der Waals surface area contributed by atoms with Crippen molar-refractivity contribution in [2.75, 3.05) is 20.1 Å². The summed E-state index contributed by atoms with van der Waals surface area (Å²) < 4.78 is 0. The van der Waals surface area contributed by atoms with Gasteiger partial charge in [0.15, 0.2) is 0 Å². The third kappa shape index (κ3) is 3.51. The molecule has 0 amide bonds. The zero-order chi connectivity index (χ0) is 6.41. The van der Waals surface area contributed by atoms with E-state index < -0.39 is 0 Å². The van der Waals surface area contributed by atoms with Crippen LogP contribution in [0, 0.1) is 12.5 Å². The first kappa shape index (κ1) is 7.32. The third-order valence-corrected chi connectivity index (χ3v) is 0.918. The van der Waals surface area contributed by atoms with Gasteiger partial charge in [0.2, 0.25) is 0 Å². The van der Waals surface area contributed by atoms with E-state index in [1.807, 2.05) is 7.05 Å². The fourth-order valence-corrected chi connectivity index (χ4v) is 0.393. The summed E-state index contributed by atoms with van der Waals surface area (Å²) in [6.07, 6.45) is 6.02. The Labute approximate surface area is 50.7 Å². The molecule has 0 aromatic carbocycles. The van der Waals surface area contributed by atoms with Gasteiger partial charge < -0.3 is 10.6 Å². The van der Waals surface area contributed by atoms with Gasteiger partial charge in [0.25, 0.3) is 0 Å². The number of rotatable bonds is 3. The molecule has 0 aliphatic rings. The summed E-state index contributed by atoms with van der Waals surface area (Å²) in [6.45, 7) is 1.61. The van der Waals surface area contributed by atoms with Crippen molar-refractivity contribution in [2.24, 2.45) is 5.73 Å². The number of nitrogens with two attached hydrogens (primary N) is 1. The topological polar surface area (TPSA) is 29.3 Å². The first-order valence-corrected chi connectivity index (χ1v) is 2.68. The van der Waals surface area contributed by atoms with E-state index in [0.717, 1.165) is 13.0 Å². The first-order valence-electron chi connectivity index (χ1n) is 2.68. The Morgan fingerprint density at radius 2 is 2.38 bits per heavy atom. The van der Waals surface area contributed by atoms with Crippen LogP contribution in [0.25, 0.3) is 0 Å². The predicted molar refractivity (Wildman–Crippen MR) is 35.1 cm³/mol. The standard InChI is InChI=1S/C6H12N2/c1-3-8(2)6-4-5-7/h1H,4-7H2,2H3. The lowest BCUT2D eigenvalue weighted by Crippen LogP contribution is -2.15. The van der Waals surface area contributed by atoms with Crippen LogP contribution in [0.2, 0.25) is 0 Å². The van der Waals surface area contributed by atoms with E-state index >= 15 is 0 Å². The second-order valence-electron chi connectivity index (χ2n) is 1.69. The zero-order valence-electron chi connectivity index (χ0n) is 5.22. The molecule has 0 aliphatic carbocycles. The minimum atomic E-state index is 0.714. The van der Waals surface area contributed by atoms with Crippen LogP contribution in [0.1, 0.15) is 6.42 Å².